The van der Waals surface area contributed by atoms with E-state index in [1.807, 2.05) is 0 Å². The number of amides is 1. The van der Waals surface area contributed by atoms with Crippen LogP contribution in [0.25, 0.3) is 0 Å². The highest BCUT2D eigenvalue weighted by molar-refractivity contribution is 5.76. The Bertz CT molecular complexity index is 466. The number of nitrogens with zero attached hydrogens (tertiary/aromatic N) is 1. The molecule has 1 aliphatic rings. The lowest BCUT2D eigenvalue weighted by Gasteiger charge is -2.41. The molecule has 0 aromatic heterocycles. The topological polar surface area (TPSA) is 55.6 Å². The second-order valence-electron chi connectivity index (χ2n) is 5.85. The van der Waals surface area contributed by atoms with Gasteiger partial charge in [0.1, 0.15) is 18.2 Å². The van der Waals surface area contributed by atoms with Crippen molar-refractivity contribution in [3.05, 3.63) is 30.1 Å². The van der Waals surface area contributed by atoms with Gasteiger partial charge in [0, 0.05) is 13.5 Å². The molecule has 1 aromatic rings. The molecule has 1 fully saturated rings. The molecule has 0 spiro atoms. The molecule has 4 nitrogen and oxygen atoms in total. The zero-order chi connectivity index (χ0) is 15.3. The second kappa shape index (κ2) is 6.89. The van der Waals surface area contributed by atoms with Crippen molar-refractivity contribution in [2.75, 3.05) is 26.7 Å². The summed E-state index contributed by atoms with van der Waals surface area (Å²) >= 11 is 0. The highest BCUT2D eigenvalue weighted by Crippen LogP contribution is 2.43. The van der Waals surface area contributed by atoms with Crippen molar-refractivity contribution in [1.29, 1.82) is 0 Å². The number of halogens is 1. The van der Waals surface area contributed by atoms with E-state index < -0.39 is 0 Å². The van der Waals surface area contributed by atoms with E-state index in [2.05, 4.69) is 0 Å². The molecule has 1 aromatic carbocycles. The van der Waals surface area contributed by atoms with Gasteiger partial charge in [-0.15, -0.1) is 0 Å². The van der Waals surface area contributed by atoms with Gasteiger partial charge in [-0.3, -0.25) is 4.79 Å². The third-order valence-corrected chi connectivity index (χ3v) is 4.31. The van der Waals surface area contributed by atoms with Gasteiger partial charge in [0.25, 0.3) is 0 Å². The van der Waals surface area contributed by atoms with Crippen LogP contribution in [-0.4, -0.2) is 37.6 Å². The summed E-state index contributed by atoms with van der Waals surface area (Å²) < 4.78 is 18.2. The summed E-state index contributed by atoms with van der Waals surface area (Å²) in [4.78, 5) is 13.8. The standard InChI is InChI=1S/C16H23FN2O2/c1-19(15(20)11-16(12-18)7-2-8-16)9-10-21-14-5-3-13(17)4-6-14/h3-6H,2,7-12,18H2,1H3. The molecule has 0 heterocycles. The highest BCUT2D eigenvalue weighted by atomic mass is 19.1. The van der Waals surface area contributed by atoms with Crippen LogP contribution in [0.3, 0.4) is 0 Å². The molecule has 0 bridgehead atoms. The quantitative estimate of drug-likeness (QED) is 0.838. The zero-order valence-corrected chi connectivity index (χ0v) is 12.5. The van der Waals surface area contributed by atoms with Gasteiger partial charge < -0.3 is 15.4 Å². The molecule has 2 rings (SSSR count). The number of rotatable bonds is 7. The summed E-state index contributed by atoms with van der Waals surface area (Å²) in [6, 6.07) is 5.86. The van der Waals surface area contributed by atoms with Crippen LogP contribution in [0.1, 0.15) is 25.7 Å². The number of hydrogen-bond donors (Lipinski definition) is 1. The van der Waals surface area contributed by atoms with Crippen molar-refractivity contribution >= 4 is 5.91 Å². The van der Waals surface area contributed by atoms with Crippen LogP contribution in [0.4, 0.5) is 4.39 Å². The maximum Gasteiger partial charge on any atom is 0.223 e. The number of ether oxygens (including phenoxy) is 1. The smallest absolute Gasteiger partial charge is 0.223 e. The van der Waals surface area contributed by atoms with Gasteiger partial charge in [0.2, 0.25) is 5.91 Å². The third-order valence-electron chi connectivity index (χ3n) is 4.31. The average Bonchev–Trinajstić information content (AvgIpc) is 2.44. The molecule has 0 aliphatic heterocycles. The van der Waals surface area contributed by atoms with Crippen LogP contribution in [0, 0.1) is 11.2 Å². The molecule has 2 N–H and O–H groups in total. The summed E-state index contributed by atoms with van der Waals surface area (Å²) in [5.74, 6) is 0.430. The maximum absolute atomic E-state index is 12.8. The molecule has 1 aliphatic carbocycles. The first-order chi connectivity index (χ1) is 10.0. The molecule has 1 saturated carbocycles. The Morgan fingerprint density at radius 3 is 2.57 bits per heavy atom. The first kappa shape index (κ1) is 15.8. The first-order valence-electron chi connectivity index (χ1n) is 7.37. The van der Waals surface area contributed by atoms with E-state index in [1.54, 1.807) is 24.1 Å². The van der Waals surface area contributed by atoms with E-state index in [0.717, 1.165) is 12.8 Å². The van der Waals surface area contributed by atoms with Crippen molar-refractivity contribution < 1.29 is 13.9 Å². The van der Waals surface area contributed by atoms with Crippen LogP contribution in [0.15, 0.2) is 24.3 Å². The molecular formula is C16H23FN2O2. The minimum Gasteiger partial charge on any atom is -0.492 e. The summed E-state index contributed by atoms with van der Waals surface area (Å²) in [5, 5.41) is 0. The van der Waals surface area contributed by atoms with Crippen LogP contribution in [-0.2, 0) is 4.79 Å². The predicted octanol–water partition coefficient (Wildman–Crippen LogP) is 2.18. The Hall–Kier alpha value is -1.62. The van der Waals surface area contributed by atoms with Crippen LogP contribution in [0.2, 0.25) is 0 Å². The molecular weight excluding hydrogens is 271 g/mol. The number of hydrogen-bond acceptors (Lipinski definition) is 3. The fourth-order valence-electron chi connectivity index (χ4n) is 2.54. The van der Waals surface area contributed by atoms with E-state index in [4.69, 9.17) is 10.5 Å². The first-order valence-corrected chi connectivity index (χ1v) is 7.37. The van der Waals surface area contributed by atoms with Crippen LogP contribution in [0.5, 0.6) is 5.75 Å². The Balaban J connectivity index is 1.72. The Morgan fingerprint density at radius 1 is 1.38 bits per heavy atom. The maximum atomic E-state index is 12.8. The third kappa shape index (κ3) is 4.17. The largest absolute Gasteiger partial charge is 0.492 e. The monoisotopic (exact) mass is 294 g/mol. The van der Waals surface area contributed by atoms with Gasteiger partial charge >= 0.3 is 0 Å². The lowest BCUT2D eigenvalue weighted by atomic mass is 9.66. The number of likely N-dealkylation sites (N-methyl/N-ethyl adjacent to an activating group) is 1. The lowest BCUT2D eigenvalue weighted by Crippen LogP contribution is -2.43. The van der Waals surface area contributed by atoms with E-state index in [0.29, 0.717) is 31.9 Å². The molecule has 1 amide bonds. The average molecular weight is 294 g/mol. The number of benzene rings is 1. The fourth-order valence-corrected chi connectivity index (χ4v) is 2.54. The number of carbonyl (C=O) groups excluding carboxylic acids is 1. The van der Waals surface area contributed by atoms with Crippen LogP contribution < -0.4 is 10.5 Å². The molecule has 116 valence electrons. The Labute approximate surface area is 125 Å². The number of carbonyl (C=O) groups is 1. The van der Waals surface area contributed by atoms with E-state index in [1.165, 1.54) is 18.6 Å². The molecule has 5 heteroatoms. The summed E-state index contributed by atoms with van der Waals surface area (Å²) in [6.45, 7) is 1.49. The minimum absolute atomic E-state index is 0.0309. The van der Waals surface area contributed by atoms with Crippen molar-refractivity contribution in [3.8, 4) is 5.75 Å². The SMILES string of the molecule is CN(CCOc1ccc(F)cc1)C(=O)CC1(CN)CCC1. The molecule has 0 saturated heterocycles. The Kier molecular flexibility index (Phi) is 5.17. The van der Waals surface area contributed by atoms with Crippen molar-refractivity contribution in [1.82, 2.24) is 4.90 Å². The van der Waals surface area contributed by atoms with E-state index in [9.17, 15) is 9.18 Å². The second-order valence-corrected chi connectivity index (χ2v) is 5.85. The van der Waals surface area contributed by atoms with Gasteiger partial charge in [-0.05, 0) is 49.1 Å². The normalized spacial score (nSPS) is 16.1. The van der Waals surface area contributed by atoms with E-state index >= 15 is 0 Å². The van der Waals surface area contributed by atoms with Gasteiger partial charge in [-0.25, -0.2) is 4.39 Å². The summed E-state index contributed by atoms with van der Waals surface area (Å²) in [7, 11) is 1.78. The van der Waals surface area contributed by atoms with Gasteiger partial charge in [0.05, 0.1) is 6.54 Å². The zero-order valence-electron chi connectivity index (χ0n) is 12.5. The van der Waals surface area contributed by atoms with E-state index in [-0.39, 0.29) is 17.1 Å². The number of nitrogens with two attached hydrogens (primary N) is 1. The summed E-state index contributed by atoms with van der Waals surface area (Å²) in [5.41, 5.74) is 5.81. The minimum atomic E-state index is -0.290. The lowest BCUT2D eigenvalue weighted by molar-refractivity contribution is -0.134. The van der Waals surface area contributed by atoms with Crippen molar-refractivity contribution in [2.45, 2.75) is 25.7 Å². The van der Waals surface area contributed by atoms with Gasteiger partial charge in [0.15, 0.2) is 0 Å². The van der Waals surface area contributed by atoms with Crippen molar-refractivity contribution in [3.63, 3.8) is 0 Å². The molecule has 0 atom stereocenters. The fraction of sp³-hybridized carbons (Fsp3) is 0.562. The Morgan fingerprint density at radius 2 is 2.05 bits per heavy atom. The van der Waals surface area contributed by atoms with Crippen molar-refractivity contribution in [2.24, 2.45) is 11.1 Å². The molecule has 0 radical (unpaired) electrons. The van der Waals surface area contributed by atoms with Crippen LogP contribution >= 0.6 is 0 Å². The summed E-state index contributed by atoms with van der Waals surface area (Å²) in [6.07, 6.45) is 3.79. The molecule has 21 heavy (non-hydrogen) atoms. The molecule has 0 unspecified atom stereocenters. The highest BCUT2D eigenvalue weighted by Gasteiger charge is 2.38. The predicted molar refractivity (Wildman–Crippen MR) is 79.5 cm³/mol. The van der Waals surface area contributed by atoms with Gasteiger partial charge in [-0.1, -0.05) is 6.42 Å². The van der Waals surface area contributed by atoms with Gasteiger partial charge in [-0.2, -0.15) is 0 Å².